The summed E-state index contributed by atoms with van der Waals surface area (Å²) in [6.07, 6.45) is -9.04. The Morgan fingerprint density at radius 1 is 0.842 bits per heavy atom. The largest absolute Gasteiger partial charge is 0.481 e. The maximum atomic E-state index is 14.0. The van der Waals surface area contributed by atoms with E-state index in [2.05, 4.69) is 0 Å². The zero-order valence-electron chi connectivity index (χ0n) is 19.9. The van der Waals surface area contributed by atoms with Crippen LogP contribution in [0.15, 0.2) is 36.4 Å². The van der Waals surface area contributed by atoms with Crippen LogP contribution < -0.4 is 14.7 Å². The number of piperazine rings is 1. The first-order valence-corrected chi connectivity index (χ1v) is 11.8. The quantitative estimate of drug-likeness (QED) is 0.311. The minimum atomic E-state index is -4.90. The summed E-state index contributed by atoms with van der Waals surface area (Å²) in [4.78, 5) is 26.7. The summed E-state index contributed by atoms with van der Waals surface area (Å²) >= 11 is 0. The van der Waals surface area contributed by atoms with Crippen molar-refractivity contribution < 1.29 is 41.2 Å². The Bertz CT molecular complexity index is 1200. The van der Waals surface area contributed by atoms with Crippen LogP contribution in [0.2, 0.25) is 0 Å². The van der Waals surface area contributed by atoms with Gasteiger partial charge in [0, 0.05) is 51.0 Å². The predicted octanol–water partition coefficient (Wildman–Crippen LogP) is 5.26. The molecular weight excluding hydrogens is 522 g/mol. The smallest absolute Gasteiger partial charge is 0.418 e. The number of aliphatic carboxylic acids is 1. The van der Waals surface area contributed by atoms with Crippen LogP contribution in [0.5, 0.6) is 0 Å². The number of piperidine rings is 1. The van der Waals surface area contributed by atoms with E-state index in [0.29, 0.717) is 11.8 Å². The molecule has 2 fully saturated rings. The van der Waals surface area contributed by atoms with E-state index in [4.69, 9.17) is 0 Å². The SMILES string of the molecule is O=C(O)C1CCN(c2cc(N3CCN(c4cccc(C(F)(F)F)c4)CC3)c(C(F)(F)F)cc2[N+](=O)[O-])CC1. The molecule has 2 aromatic carbocycles. The highest BCUT2D eigenvalue weighted by Crippen LogP contribution is 2.44. The van der Waals surface area contributed by atoms with E-state index in [1.165, 1.54) is 21.9 Å². The van der Waals surface area contributed by atoms with Gasteiger partial charge in [-0.05, 0) is 37.1 Å². The van der Waals surface area contributed by atoms with Crippen LogP contribution in [0.1, 0.15) is 24.0 Å². The van der Waals surface area contributed by atoms with E-state index in [1.54, 1.807) is 4.90 Å². The van der Waals surface area contributed by atoms with Crippen LogP contribution in [-0.4, -0.2) is 55.3 Å². The molecule has 2 aliphatic rings. The number of hydrogen-bond donors (Lipinski definition) is 1. The number of alkyl halides is 6. The molecule has 2 aromatic rings. The molecule has 0 spiro atoms. The second-order valence-corrected chi connectivity index (χ2v) is 9.23. The third kappa shape index (κ3) is 5.73. The summed E-state index contributed by atoms with van der Waals surface area (Å²) < 4.78 is 81.3. The Balaban J connectivity index is 1.63. The Hall–Kier alpha value is -3.71. The molecule has 2 saturated heterocycles. The summed E-state index contributed by atoms with van der Waals surface area (Å²) in [5.41, 5.74) is -2.73. The fourth-order valence-electron chi connectivity index (χ4n) is 4.91. The van der Waals surface area contributed by atoms with Crippen molar-refractivity contribution in [2.75, 3.05) is 54.0 Å². The van der Waals surface area contributed by atoms with Crippen LogP contribution in [-0.2, 0) is 17.1 Å². The van der Waals surface area contributed by atoms with Crippen LogP contribution in [0.3, 0.4) is 0 Å². The third-order valence-electron chi connectivity index (χ3n) is 6.94. The highest BCUT2D eigenvalue weighted by Gasteiger charge is 2.40. The molecule has 0 unspecified atom stereocenters. The molecule has 0 aliphatic carbocycles. The molecule has 4 rings (SSSR count). The summed E-state index contributed by atoms with van der Waals surface area (Å²) in [5, 5.41) is 20.9. The summed E-state index contributed by atoms with van der Waals surface area (Å²) in [6.45, 7) is 0.608. The molecule has 38 heavy (non-hydrogen) atoms. The van der Waals surface area contributed by atoms with Gasteiger partial charge in [0.15, 0.2) is 0 Å². The summed E-state index contributed by atoms with van der Waals surface area (Å²) in [6, 6.07) is 6.32. The van der Waals surface area contributed by atoms with Gasteiger partial charge in [0.05, 0.1) is 27.7 Å². The third-order valence-corrected chi connectivity index (χ3v) is 6.94. The molecule has 0 amide bonds. The van der Waals surface area contributed by atoms with Crippen molar-refractivity contribution in [1.82, 2.24) is 0 Å². The number of carboxylic acid groups (broad SMARTS) is 1. The second-order valence-electron chi connectivity index (χ2n) is 9.23. The highest BCUT2D eigenvalue weighted by molar-refractivity contribution is 5.75. The van der Waals surface area contributed by atoms with Crippen LogP contribution in [0.25, 0.3) is 0 Å². The maximum absolute atomic E-state index is 14.0. The van der Waals surface area contributed by atoms with Gasteiger partial charge in [0.25, 0.3) is 5.69 Å². The lowest BCUT2D eigenvalue weighted by atomic mass is 9.96. The minimum absolute atomic E-state index is 0.0258. The van der Waals surface area contributed by atoms with Gasteiger partial charge >= 0.3 is 18.3 Å². The molecule has 0 aromatic heterocycles. The number of benzene rings is 2. The Kier molecular flexibility index (Phi) is 7.35. The average molecular weight is 546 g/mol. The van der Waals surface area contributed by atoms with Crippen molar-refractivity contribution in [3.8, 4) is 0 Å². The lowest BCUT2D eigenvalue weighted by molar-refractivity contribution is -0.384. The molecule has 8 nitrogen and oxygen atoms in total. The molecular formula is C24H24F6N4O4. The van der Waals surface area contributed by atoms with Crippen molar-refractivity contribution in [1.29, 1.82) is 0 Å². The average Bonchev–Trinajstić information content (AvgIpc) is 2.87. The second kappa shape index (κ2) is 10.2. The normalized spacial score (nSPS) is 17.6. The number of hydrogen-bond acceptors (Lipinski definition) is 6. The molecule has 0 radical (unpaired) electrons. The number of carboxylic acids is 1. The monoisotopic (exact) mass is 546 g/mol. The van der Waals surface area contributed by atoms with Crippen LogP contribution in [0, 0.1) is 16.0 Å². The molecule has 2 aliphatic heterocycles. The van der Waals surface area contributed by atoms with Gasteiger partial charge in [0.2, 0.25) is 0 Å². The highest BCUT2D eigenvalue weighted by atomic mass is 19.4. The summed E-state index contributed by atoms with van der Waals surface area (Å²) in [7, 11) is 0. The zero-order chi connectivity index (χ0) is 27.8. The number of nitrogens with zero attached hydrogens (tertiary/aromatic N) is 4. The first-order valence-electron chi connectivity index (χ1n) is 11.8. The van der Waals surface area contributed by atoms with E-state index in [1.807, 2.05) is 0 Å². The lowest BCUT2D eigenvalue weighted by Crippen LogP contribution is -2.47. The van der Waals surface area contributed by atoms with Crippen molar-refractivity contribution in [3.05, 3.63) is 57.6 Å². The number of halogens is 6. The molecule has 14 heteroatoms. The van der Waals surface area contributed by atoms with Gasteiger partial charge in [-0.3, -0.25) is 14.9 Å². The Morgan fingerprint density at radius 3 is 1.95 bits per heavy atom. The topological polar surface area (TPSA) is 90.2 Å². The number of anilines is 3. The molecule has 0 atom stereocenters. The zero-order valence-corrected chi connectivity index (χ0v) is 19.9. The van der Waals surface area contributed by atoms with Gasteiger partial charge < -0.3 is 19.8 Å². The molecule has 206 valence electrons. The van der Waals surface area contributed by atoms with Crippen molar-refractivity contribution in [3.63, 3.8) is 0 Å². The predicted molar refractivity (Wildman–Crippen MR) is 127 cm³/mol. The van der Waals surface area contributed by atoms with Crippen molar-refractivity contribution in [2.45, 2.75) is 25.2 Å². The Labute approximate surface area is 213 Å². The van der Waals surface area contributed by atoms with E-state index in [-0.39, 0.29) is 63.5 Å². The Morgan fingerprint density at radius 2 is 1.42 bits per heavy atom. The lowest BCUT2D eigenvalue weighted by Gasteiger charge is -2.39. The maximum Gasteiger partial charge on any atom is 0.418 e. The molecule has 0 saturated carbocycles. The fourth-order valence-corrected chi connectivity index (χ4v) is 4.91. The van der Waals surface area contributed by atoms with Crippen molar-refractivity contribution in [2.24, 2.45) is 5.92 Å². The van der Waals surface area contributed by atoms with Crippen LogP contribution >= 0.6 is 0 Å². The van der Waals surface area contributed by atoms with E-state index in [9.17, 15) is 46.4 Å². The fraction of sp³-hybridized carbons (Fsp3) is 0.458. The molecule has 1 N–H and O–H groups in total. The summed E-state index contributed by atoms with van der Waals surface area (Å²) in [5.74, 6) is -1.63. The standard InChI is InChI=1S/C24H24F6N4O4/c25-23(26,27)16-2-1-3-17(12-16)31-8-10-33(11-9-31)19-14-20(32-6-4-15(5-7-32)22(35)36)21(34(37)38)13-18(19)24(28,29)30/h1-3,12-15H,4-11H2,(H,35,36). The number of nitro benzene ring substituents is 1. The molecule has 0 bridgehead atoms. The van der Waals surface area contributed by atoms with Crippen molar-refractivity contribution >= 4 is 28.7 Å². The van der Waals surface area contributed by atoms with E-state index < -0.39 is 46.0 Å². The van der Waals surface area contributed by atoms with Gasteiger partial charge in [-0.1, -0.05) is 6.07 Å². The van der Waals surface area contributed by atoms with E-state index >= 15 is 0 Å². The van der Waals surface area contributed by atoms with Gasteiger partial charge in [0.1, 0.15) is 5.69 Å². The van der Waals surface area contributed by atoms with Gasteiger partial charge in [-0.15, -0.1) is 0 Å². The number of nitro groups is 1. The number of rotatable bonds is 5. The first-order chi connectivity index (χ1) is 17.8. The van der Waals surface area contributed by atoms with Crippen LogP contribution in [0.4, 0.5) is 49.1 Å². The van der Waals surface area contributed by atoms with Gasteiger partial charge in [-0.25, -0.2) is 0 Å². The van der Waals surface area contributed by atoms with Gasteiger partial charge in [-0.2, -0.15) is 26.3 Å². The van der Waals surface area contributed by atoms with E-state index in [0.717, 1.165) is 18.2 Å². The minimum Gasteiger partial charge on any atom is -0.481 e. The molecule has 2 heterocycles. The number of carbonyl (C=O) groups is 1. The first kappa shape index (κ1) is 27.3.